The summed E-state index contributed by atoms with van der Waals surface area (Å²) in [6.07, 6.45) is 8.45. The van der Waals surface area contributed by atoms with Gasteiger partial charge in [-0.2, -0.15) is 0 Å². The first-order chi connectivity index (χ1) is 20.2. The Hall–Kier alpha value is -2.99. The third-order valence-corrected chi connectivity index (χ3v) is 9.36. The van der Waals surface area contributed by atoms with E-state index in [0.717, 1.165) is 57.9 Å². The third-order valence-electron chi connectivity index (χ3n) is 8.14. The summed E-state index contributed by atoms with van der Waals surface area (Å²) in [6, 6.07) is 24.8. The van der Waals surface area contributed by atoms with Crippen molar-refractivity contribution in [3.05, 3.63) is 89.5 Å². The number of ether oxygens (including phenoxy) is 1. The Balaban J connectivity index is 1.32. The van der Waals surface area contributed by atoms with E-state index < -0.39 is 0 Å². The van der Waals surface area contributed by atoms with E-state index >= 15 is 0 Å². The average molecular weight is 569 g/mol. The van der Waals surface area contributed by atoms with Crippen LogP contribution in [0.15, 0.2) is 72.8 Å². The lowest BCUT2D eigenvalue weighted by atomic mass is 9.97. The van der Waals surface area contributed by atoms with Gasteiger partial charge in [0.05, 0.1) is 0 Å². The molecule has 0 saturated carbocycles. The second-order valence-electron chi connectivity index (χ2n) is 11.3. The maximum atomic E-state index is 14.0. The van der Waals surface area contributed by atoms with E-state index in [9.17, 15) is 4.79 Å². The summed E-state index contributed by atoms with van der Waals surface area (Å²) < 4.78 is 7.27. The topological polar surface area (TPSA) is 32.8 Å². The molecule has 0 atom stereocenters. The van der Waals surface area contributed by atoms with Gasteiger partial charge in [0.25, 0.3) is 0 Å². The zero-order valence-electron chi connectivity index (χ0n) is 24.7. The fraction of sp³-hybridized carbons (Fsp3) is 0.417. The Bertz CT molecular complexity index is 1380. The molecule has 1 aliphatic heterocycles. The predicted octanol–water partition coefficient (Wildman–Crippen LogP) is 8.68. The number of thiophene rings is 1. The number of likely N-dealkylation sites (tertiary alicyclic amines) is 1. The molecular formula is C36H44N2O2S. The smallest absolute Gasteiger partial charge is 0.195 e. The molecule has 1 saturated heterocycles. The van der Waals surface area contributed by atoms with Crippen LogP contribution in [-0.2, 0) is 6.42 Å². The Morgan fingerprint density at radius 1 is 0.878 bits per heavy atom. The van der Waals surface area contributed by atoms with Gasteiger partial charge in [-0.25, -0.2) is 0 Å². The van der Waals surface area contributed by atoms with Crippen LogP contribution in [0.4, 0.5) is 0 Å². The number of benzene rings is 3. The molecule has 2 heterocycles. The van der Waals surface area contributed by atoms with Crippen LogP contribution in [-0.4, -0.2) is 55.0 Å². The SMILES string of the molecule is CCCCN(CCCC)COc1ccc(C(=O)c2c(-c3ccc(CCN4CCCC4)cc3)sc3ccccc23)cc1. The second-order valence-corrected chi connectivity index (χ2v) is 12.3. The van der Waals surface area contributed by atoms with Crippen molar-refractivity contribution in [2.75, 3.05) is 39.5 Å². The van der Waals surface area contributed by atoms with E-state index in [0.29, 0.717) is 12.3 Å². The summed E-state index contributed by atoms with van der Waals surface area (Å²) in [6.45, 7) is 10.7. The highest BCUT2D eigenvalue weighted by Crippen LogP contribution is 2.40. The second kappa shape index (κ2) is 14.8. The highest BCUT2D eigenvalue weighted by Gasteiger charge is 2.21. The summed E-state index contributed by atoms with van der Waals surface area (Å²) in [5.74, 6) is 0.870. The van der Waals surface area contributed by atoms with Gasteiger partial charge in [-0.15, -0.1) is 11.3 Å². The number of carbonyl (C=O) groups is 1. The first kappa shape index (κ1) is 29.5. The van der Waals surface area contributed by atoms with Gasteiger partial charge < -0.3 is 9.64 Å². The third kappa shape index (κ3) is 7.65. The molecule has 0 N–H and O–H groups in total. The van der Waals surface area contributed by atoms with Crippen molar-refractivity contribution in [2.24, 2.45) is 0 Å². The average Bonchev–Trinajstić information content (AvgIpc) is 3.68. The van der Waals surface area contributed by atoms with Gasteiger partial charge in [0.1, 0.15) is 12.5 Å². The first-order valence-corrected chi connectivity index (χ1v) is 16.3. The minimum atomic E-state index is 0.0645. The lowest BCUT2D eigenvalue weighted by Gasteiger charge is -2.22. The van der Waals surface area contributed by atoms with Crippen LogP contribution < -0.4 is 4.74 Å². The number of nitrogens with zero attached hydrogens (tertiary/aromatic N) is 2. The number of hydrogen-bond donors (Lipinski definition) is 0. The van der Waals surface area contributed by atoms with Crippen LogP contribution >= 0.6 is 11.3 Å². The van der Waals surface area contributed by atoms with Crippen LogP contribution in [0.2, 0.25) is 0 Å². The van der Waals surface area contributed by atoms with E-state index in [1.807, 2.05) is 30.3 Å². The molecule has 216 valence electrons. The lowest BCUT2D eigenvalue weighted by molar-refractivity contribution is 0.104. The molecular weight excluding hydrogens is 524 g/mol. The Morgan fingerprint density at radius 2 is 1.56 bits per heavy atom. The molecule has 4 nitrogen and oxygen atoms in total. The Kier molecular flexibility index (Phi) is 10.6. The van der Waals surface area contributed by atoms with Crippen molar-refractivity contribution in [2.45, 2.75) is 58.8 Å². The molecule has 0 radical (unpaired) electrons. The lowest BCUT2D eigenvalue weighted by Crippen LogP contribution is -2.30. The highest BCUT2D eigenvalue weighted by molar-refractivity contribution is 7.22. The van der Waals surface area contributed by atoms with E-state index in [2.05, 4.69) is 66.1 Å². The molecule has 41 heavy (non-hydrogen) atoms. The standard InChI is InChI=1S/C36H44N2O2S/c1-3-5-22-38(23-6-4-2)27-40-31-19-17-29(18-20-31)35(39)34-32-11-7-8-12-33(32)41-36(34)30-15-13-28(14-16-30)21-26-37-24-9-10-25-37/h7-8,11-20H,3-6,9-10,21-27H2,1-2H3. The molecule has 1 aliphatic rings. The summed E-state index contributed by atoms with van der Waals surface area (Å²) in [5.41, 5.74) is 3.96. The van der Waals surface area contributed by atoms with Gasteiger partial charge in [0, 0.05) is 45.7 Å². The number of fused-ring (bicyclic) bond motifs is 1. The van der Waals surface area contributed by atoms with Crippen LogP contribution in [0.3, 0.4) is 0 Å². The minimum absolute atomic E-state index is 0.0645. The van der Waals surface area contributed by atoms with Gasteiger partial charge in [-0.05, 0) is 86.7 Å². The zero-order chi connectivity index (χ0) is 28.4. The number of ketones is 1. The summed E-state index contributed by atoms with van der Waals surface area (Å²) in [4.78, 5) is 20.0. The molecule has 0 amide bonds. The fourth-order valence-electron chi connectivity index (χ4n) is 5.61. The molecule has 0 bridgehead atoms. The van der Waals surface area contributed by atoms with Crippen molar-refractivity contribution in [3.8, 4) is 16.2 Å². The van der Waals surface area contributed by atoms with Crippen LogP contribution in [0, 0.1) is 0 Å². The quantitative estimate of drug-likeness (QED) is 0.106. The van der Waals surface area contributed by atoms with Crippen LogP contribution in [0.5, 0.6) is 5.75 Å². The van der Waals surface area contributed by atoms with Gasteiger partial charge in [-0.3, -0.25) is 9.69 Å². The monoisotopic (exact) mass is 568 g/mol. The van der Waals surface area contributed by atoms with Gasteiger partial charge in [-0.1, -0.05) is 69.2 Å². The van der Waals surface area contributed by atoms with E-state index in [1.165, 1.54) is 57.2 Å². The molecule has 5 rings (SSSR count). The van der Waals surface area contributed by atoms with Gasteiger partial charge >= 0.3 is 0 Å². The Morgan fingerprint density at radius 3 is 2.24 bits per heavy atom. The van der Waals surface area contributed by atoms with Gasteiger partial charge in [0.15, 0.2) is 5.78 Å². The van der Waals surface area contributed by atoms with Crippen molar-refractivity contribution in [1.29, 1.82) is 0 Å². The molecule has 0 aliphatic carbocycles. The molecule has 4 aromatic rings. The van der Waals surface area contributed by atoms with Crippen molar-refractivity contribution >= 4 is 27.2 Å². The summed E-state index contributed by atoms with van der Waals surface area (Å²) in [5, 5.41) is 1.03. The number of carbonyl (C=O) groups excluding carboxylic acids is 1. The molecule has 0 unspecified atom stereocenters. The summed E-state index contributed by atoms with van der Waals surface area (Å²) in [7, 11) is 0. The highest BCUT2D eigenvalue weighted by atomic mass is 32.1. The largest absolute Gasteiger partial charge is 0.478 e. The first-order valence-electron chi connectivity index (χ1n) is 15.5. The van der Waals surface area contributed by atoms with E-state index in [-0.39, 0.29) is 5.78 Å². The molecule has 3 aromatic carbocycles. The fourth-order valence-corrected chi connectivity index (χ4v) is 6.81. The van der Waals surface area contributed by atoms with E-state index in [4.69, 9.17) is 4.74 Å². The van der Waals surface area contributed by atoms with Crippen molar-refractivity contribution in [1.82, 2.24) is 9.80 Å². The van der Waals surface area contributed by atoms with Gasteiger partial charge in [0.2, 0.25) is 0 Å². The predicted molar refractivity (Wildman–Crippen MR) is 173 cm³/mol. The summed E-state index contributed by atoms with van der Waals surface area (Å²) >= 11 is 1.71. The number of hydrogen-bond acceptors (Lipinski definition) is 5. The molecule has 1 aromatic heterocycles. The van der Waals surface area contributed by atoms with Crippen LogP contribution in [0.1, 0.15) is 73.9 Å². The number of rotatable bonds is 15. The van der Waals surface area contributed by atoms with E-state index in [1.54, 1.807) is 11.3 Å². The van der Waals surface area contributed by atoms with Crippen LogP contribution in [0.25, 0.3) is 20.5 Å². The molecule has 0 spiro atoms. The maximum Gasteiger partial charge on any atom is 0.195 e. The normalized spacial score (nSPS) is 13.8. The maximum absolute atomic E-state index is 14.0. The van der Waals surface area contributed by atoms with Crippen molar-refractivity contribution < 1.29 is 9.53 Å². The Labute approximate surface area is 249 Å². The van der Waals surface area contributed by atoms with Crippen molar-refractivity contribution in [3.63, 3.8) is 0 Å². The zero-order valence-corrected chi connectivity index (χ0v) is 25.6. The number of unbranched alkanes of at least 4 members (excludes halogenated alkanes) is 2. The molecule has 5 heteroatoms. The molecule has 1 fully saturated rings. The minimum Gasteiger partial charge on any atom is -0.478 e.